The van der Waals surface area contributed by atoms with Gasteiger partial charge in [0, 0.05) is 36.5 Å². The first kappa shape index (κ1) is 24.6. The summed E-state index contributed by atoms with van der Waals surface area (Å²) in [6.07, 6.45) is 8.05. The predicted molar refractivity (Wildman–Crippen MR) is 149 cm³/mol. The summed E-state index contributed by atoms with van der Waals surface area (Å²) in [6, 6.07) is 21.7. The highest BCUT2D eigenvalue weighted by Gasteiger charge is 2.43. The molecule has 0 amide bonds. The molecule has 2 aliphatic heterocycles. The van der Waals surface area contributed by atoms with Crippen molar-refractivity contribution in [2.45, 2.75) is 38.5 Å². The van der Waals surface area contributed by atoms with Crippen LogP contribution in [0.4, 0.5) is 22.7 Å². The Balaban J connectivity index is 1.26. The minimum atomic E-state index is -0.906. The highest BCUT2D eigenvalue weighted by molar-refractivity contribution is 6.05. The van der Waals surface area contributed by atoms with Crippen molar-refractivity contribution in [3.63, 3.8) is 0 Å². The molecular formula is C31H33N4O2+. The predicted octanol–water partition coefficient (Wildman–Crippen LogP) is 7.51. The number of carboxylic acids is 1. The van der Waals surface area contributed by atoms with Crippen LogP contribution in [0.1, 0.15) is 54.6 Å². The van der Waals surface area contributed by atoms with Crippen molar-refractivity contribution >= 4 is 40.5 Å². The average molecular weight is 494 g/mol. The summed E-state index contributed by atoms with van der Waals surface area (Å²) in [5, 5.41) is 18.2. The maximum Gasteiger partial charge on any atom is 0.335 e. The van der Waals surface area contributed by atoms with E-state index in [2.05, 4.69) is 57.8 Å². The quantitative estimate of drug-likeness (QED) is 0.285. The van der Waals surface area contributed by atoms with Gasteiger partial charge in [0.05, 0.1) is 22.4 Å². The van der Waals surface area contributed by atoms with Crippen LogP contribution < -0.4 is 4.90 Å². The zero-order chi connectivity index (χ0) is 26.0. The van der Waals surface area contributed by atoms with Gasteiger partial charge in [-0.1, -0.05) is 12.1 Å². The molecule has 1 fully saturated rings. The number of allylic oxidation sites excluding steroid dienone is 1. The maximum atomic E-state index is 11.5. The van der Waals surface area contributed by atoms with Crippen LogP contribution in [0.15, 0.2) is 83.0 Å². The molecule has 188 valence electrons. The molecule has 2 heterocycles. The number of rotatable bonds is 6. The molecule has 0 atom stereocenters. The van der Waals surface area contributed by atoms with Crippen LogP contribution in [0.25, 0.3) is 6.08 Å². The minimum absolute atomic E-state index is 0.302. The first-order valence-corrected chi connectivity index (χ1v) is 12.9. The summed E-state index contributed by atoms with van der Waals surface area (Å²) < 4.78 is 2.14. The number of hydrogen-bond donors (Lipinski definition) is 1. The molecule has 0 saturated carbocycles. The molecule has 0 aliphatic carbocycles. The largest absolute Gasteiger partial charge is 0.478 e. The van der Waals surface area contributed by atoms with E-state index in [0.29, 0.717) is 5.56 Å². The SMILES string of the molecule is C[N+]1=C(/C=C/c2ccc(/N=N/c3ccc(N4CCCCC4)cc3)cc2)C(C)(C)c2cc(C(=O)O)ccc21. The number of benzene rings is 3. The minimum Gasteiger partial charge on any atom is -0.478 e. The second-order valence-electron chi connectivity index (χ2n) is 10.3. The average Bonchev–Trinajstić information content (AvgIpc) is 3.11. The zero-order valence-corrected chi connectivity index (χ0v) is 21.7. The Kier molecular flexibility index (Phi) is 6.74. The van der Waals surface area contributed by atoms with Crippen molar-refractivity contribution in [1.82, 2.24) is 0 Å². The third-order valence-electron chi connectivity index (χ3n) is 7.46. The van der Waals surface area contributed by atoms with Gasteiger partial charge in [-0.2, -0.15) is 14.8 Å². The third kappa shape index (κ3) is 5.10. The number of nitrogens with zero attached hydrogens (tertiary/aromatic N) is 4. The van der Waals surface area contributed by atoms with E-state index in [1.54, 1.807) is 12.1 Å². The van der Waals surface area contributed by atoms with Crippen LogP contribution in [0, 0.1) is 0 Å². The van der Waals surface area contributed by atoms with Gasteiger partial charge in [0.25, 0.3) is 0 Å². The smallest absolute Gasteiger partial charge is 0.335 e. The molecule has 1 saturated heterocycles. The summed E-state index contributed by atoms with van der Waals surface area (Å²) in [5.74, 6) is -0.906. The fourth-order valence-corrected chi connectivity index (χ4v) is 5.29. The van der Waals surface area contributed by atoms with Crippen molar-refractivity contribution < 1.29 is 14.5 Å². The van der Waals surface area contributed by atoms with Crippen LogP contribution >= 0.6 is 0 Å². The van der Waals surface area contributed by atoms with Gasteiger partial charge in [-0.3, -0.25) is 0 Å². The number of fused-ring (bicyclic) bond motifs is 1. The summed E-state index contributed by atoms with van der Waals surface area (Å²) in [7, 11) is 2.02. The van der Waals surface area contributed by atoms with E-state index in [0.717, 1.165) is 47.0 Å². The number of azo groups is 1. The van der Waals surface area contributed by atoms with E-state index < -0.39 is 5.97 Å². The van der Waals surface area contributed by atoms with E-state index in [-0.39, 0.29) is 5.41 Å². The van der Waals surface area contributed by atoms with Crippen LogP contribution in [-0.4, -0.2) is 41.5 Å². The van der Waals surface area contributed by atoms with Crippen molar-refractivity contribution in [1.29, 1.82) is 0 Å². The number of piperidine rings is 1. The molecule has 1 N–H and O–H groups in total. The van der Waals surface area contributed by atoms with Gasteiger partial charge in [-0.15, -0.1) is 0 Å². The number of carbonyl (C=O) groups is 1. The second-order valence-corrected chi connectivity index (χ2v) is 10.3. The molecule has 0 spiro atoms. The molecule has 3 aromatic carbocycles. The lowest BCUT2D eigenvalue weighted by Crippen LogP contribution is -2.29. The monoisotopic (exact) mass is 493 g/mol. The molecule has 6 heteroatoms. The first-order chi connectivity index (χ1) is 17.8. The molecule has 2 aliphatic rings. The van der Waals surface area contributed by atoms with Gasteiger partial charge in [0.2, 0.25) is 5.69 Å². The third-order valence-corrected chi connectivity index (χ3v) is 7.46. The highest BCUT2D eigenvalue weighted by atomic mass is 16.4. The van der Waals surface area contributed by atoms with E-state index in [4.69, 9.17) is 0 Å². The van der Waals surface area contributed by atoms with E-state index >= 15 is 0 Å². The highest BCUT2D eigenvalue weighted by Crippen LogP contribution is 2.40. The zero-order valence-electron chi connectivity index (χ0n) is 21.7. The molecule has 0 aromatic heterocycles. The van der Waals surface area contributed by atoms with Crippen molar-refractivity contribution in [2.24, 2.45) is 10.2 Å². The van der Waals surface area contributed by atoms with Crippen LogP contribution in [0.5, 0.6) is 0 Å². The topological polar surface area (TPSA) is 68.3 Å². The Morgan fingerprint density at radius 3 is 2.14 bits per heavy atom. The molecule has 0 radical (unpaired) electrons. The lowest BCUT2D eigenvalue weighted by molar-refractivity contribution is -0.401. The molecule has 37 heavy (non-hydrogen) atoms. The number of hydrogen-bond acceptors (Lipinski definition) is 4. The Bertz CT molecular complexity index is 1390. The van der Waals surface area contributed by atoms with E-state index in [1.165, 1.54) is 24.9 Å². The molecule has 3 aromatic rings. The van der Waals surface area contributed by atoms with Gasteiger partial charge in [-0.25, -0.2) is 4.79 Å². The summed E-state index contributed by atoms with van der Waals surface area (Å²) in [5.41, 5.74) is 7.15. The van der Waals surface area contributed by atoms with Crippen molar-refractivity contribution in [3.8, 4) is 0 Å². The van der Waals surface area contributed by atoms with Crippen LogP contribution in [0.2, 0.25) is 0 Å². The normalized spacial score (nSPS) is 17.1. The fraction of sp³-hybridized carbons (Fsp3) is 0.290. The lowest BCUT2D eigenvalue weighted by Gasteiger charge is -2.28. The van der Waals surface area contributed by atoms with Gasteiger partial charge in [-0.05, 0) is 93.3 Å². The Morgan fingerprint density at radius 1 is 0.892 bits per heavy atom. The molecule has 0 unspecified atom stereocenters. The number of carboxylic acid groups (broad SMARTS) is 1. The van der Waals surface area contributed by atoms with Crippen LogP contribution in [0.3, 0.4) is 0 Å². The van der Waals surface area contributed by atoms with E-state index in [9.17, 15) is 9.90 Å². The summed E-state index contributed by atoms with van der Waals surface area (Å²) in [4.78, 5) is 13.9. The number of anilines is 1. The van der Waals surface area contributed by atoms with Crippen LogP contribution in [-0.2, 0) is 5.41 Å². The number of aromatic carboxylic acids is 1. The molecule has 6 nitrogen and oxygen atoms in total. The summed E-state index contributed by atoms with van der Waals surface area (Å²) in [6.45, 7) is 6.52. The van der Waals surface area contributed by atoms with Crippen molar-refractivity contribution in [3.05, 3.63) is 89.5 Å². The van der Waals surface area contributed by atoms with Gasteiger partial charge in [0.15, 0.2) is 5.71 Å². The van der Waals surface area contributed by atoms with Crippen molar-refractivity contribution in [2.75, 3.05) is 25.0 Å². The van der Waals surface area contributed by atoms with Gasteiger partial charge in [0.1, 0.15) is 7.05 Å². The fourth-order valence-electron chi connectivity index (χ4n) is 5.29. The standard InChI is InChI=1S/C31H32N4O2/c1-31(2)27-21-23(30(36)37)10-17-28(27)34(3)29(31)18-9-22-7-11-24(12-8-22)32-33-25-13-15-26(16-14-25)35-19-5-4-6-20-35/h7-18,21H,4-6,19-20H2,1-3H3/p+1. The van der Waals surface area contributed by atoms with E-state index in [1.807, 2.05) is 49.5 Å². The molecular weight excluding hydrogens is 460 g/mol. The maximum absolute atomic E-state index is 11.5. The second kappa shape index (κ2) is 10.1. The summed E-state index contributed by atoms with van der Waals surface area (Å²) >= 11 is 0. The first-order valence-electron chi connectivity index (χ1n) is 12.9. The Hall–Kier alpha value is -4.06. The Labute approximate surface area is 218 Å². The Morgan fingerprint density at radius 2 is 1.51 bits per heavy atom. The van der Waals surface area contributed by atoms with Gasteiger partial charge >= 0.3 is 5.97 Å². The molecule has 5 rings (SSSR count). The lowest BCUT2D eigenvalue weighted by atomic mass is 9.80. The molecule has 0 bridgehead atoms. The van der Waals surface area contributed by atoms with Gasteiger partial charge < -0.3 is 10.0 Å².